The number of hydrogen-bond donors (Lipinski definition) is 2. The Balaban J connectivity index is 1.64. The molecular formula is C16H25N3O. The van der Waals surface area contributed by atoms with Gasteiger partial charge in [0.2, 0.25) is 5.88 Å². The quantitative estimate of drug-likeness (QED) is 0.864. The van der Waals surface area contributed by atoms with Crippen LogP contribution in [0.1, 0.15) is 45.4 Å². The molecule has 2 atom stereocenters. The van der Waals surface area contributed by atoms with Crippen molar-refractivity contribution in [2.75, 3.05) is 17.7 Å². The maximum absolute atomic E-state index is 5.94. The molecule has 0 saturated heterocycles. The average Bonchev–Trinajstić information content (AvgIpc) is 3.26. The molecule has 4 nitrogen and oxygen atoms in total. The molecule has 3 rings (SSSR count). The third-order valence-electron chi connectivity index (χ3n) is 4.49. The number of aromatic nitrogens is 1. The topological polar surface area (TPSA) is 60.2 Å². The largest absolute Gasteiger partial charge is 0.476 e. The van der Waals surface area contributed by atoms with Crippen molar-refractivity contribution in [3.8, 4) is 5.88 Å². The molecule has 2 aliphatic carbocycles. The van der Waals surface area contributed by atoms with E-state index in [2.05, 4.69) is 17.2 Å². The van der Waals surface area contributed by atoms with E-state index < -0.39 is 0 Å². The van der Waals surface area contributed by atoms with Crippen LogP contribution in [0.5, 0.6) is 5.88 Å². The minimum absolute atomic E-state index is 0.524. The van der Waals surface area contributed by atoms with Crippen LogP contribution in [0.4, 0.5) is 11.5 Å². The summed E-state index contributed by atoms with van der Waals surface area (Å²) in [4.78, 5) is 4.54. The van der Waals surface area contributed by atoms with Crippen LogP contribution in [0.2, 0.25) is 0 Å². The lowest BCUT2D eigenvalue weighted by atomic mass is 9.86. The highest BCUT2D eigenvalue weighted by Gasteiger charge is 2.23. The molecule has 2 aliphatic rings. The van der Waals surface area contributed by atoms with Gasteiger partial charge in [-0.2, -0.15) is 4.98 Å². The van der Waals surface area contributed by atoms with Crippen molar-refractivity contribution >= 4 is 11.5 Å². The molecule has 2 saturated carbocycles. The second-order valence-corrected chi connectivity index (χ2v) is 6.36. The number of nitrogens with two attached hydrogens (primary N) is 1. The first kappa shape index (κ1) is 13.5. The summed E-state index contributed by atoms with van der Waals surface area (Å²) in [6, 6.07) is 4.38. The molecule has 0 amide bonds. The summed E-state index contributed by atoms with van der Waals surface area (Å²) in [5, 5.41) is 3.55. The van der Waals surface area contributed by atoms with Gasteiger partial charge < -0.3 is 15.8 Å². The van der Waals surface area contributed by atoms with Gasteiger partial charge >= 0.3 is 0 Å². The number of anilines is 2. The molecule has 3 N–H and O–H groups in total. The van der Waals surface area contributed by atoms with E-state index in [1.54, 1.807) is 0 Å². The van der Waals surface area contributed by atoms with Crippen molar-refractivity contribution in [1.82, 2.24) is 4.98 Å². The van der Waals surface area contributed by atoms with E-state index in [-0.39, 0.29) is 0 Å². The fourth-order valence-electron chi connectivity index (χ4n) is 2.85. The van der Waals surface area contributed by atoms with Crippen molar-refractivity contribution in [3.63, 3.8) is 0 Å². The number of nitrogen functional groups attached to an aromatic ring is 1. The number of nitrogens with one attached hydrogen (secondary N) is 1. The summed E-state index contributed by atoms with van der Waals surface area (Å²) < 4.78 is 5.74. The Morgan fingerprint density at radius 3 is 2.80 bits per heavy atom. The van der Waals surface area contributed by atoms with Gasteiger partial charge in [0.15, 0.2) is 0 Å². The standard InChI is InChI=1S/C16H25N3O/c1-11-4-2-3-5-14(11)18-15-9-8-13(17)16(19-15)20-10-12-6-7-12/h8-9,11-12,14H,2-7,10,17H2,1H3,(H,18,19). The first-order valence-corrected chi connectivity index (χ1v) is 7.88. The Morgan fingerprint density at radius 1 is 1.25 bits per heavy atom. The summed E-state index contributed by atoms with van der Waals surface area (Å²) in [5.74, 6) is 2.90. The van der Waals surface area contributed by atoms with E-state index >= 15 is 0 Å². The molecule has 2 fully saturated rings. The van der Waals surface area contributed by atoms with Crippen LogP contribution in [0, 0.1) is 11.8 Å². The van der Waals surface area contributed by atoms with Gasteiger partial charge in [-0.15, -0.1) is 0 Å². The molecule has 0 spiro atoms. The average molecular weight is 275 g/mol. The lowest BCUT2D eigenvalue weighted by Crippen LogP contribution is -2.30. The molecule has 4 heteroatoms. The van der Waals surface area contributed by atoms with E-state index in [0.29, 0.717) is 29.4 Å². The van der Waals surface area contributed by atoms with Crippen LogP contribution in [0.15, 0.2) is 12.1 Å². The minimum atomic E-state index is 0.524. The zero-order chi connectivity index (χ0) is 13.9. The van der Waals surface area contributed by atoms with E-state index in [1.807, 2.05) is 12.1 Å². The van der Waals surface area contributed by atoms with Crippen LogP contribution >= 0.6 is 0 Å². The third kappa shape index (κ3) is 3.35. The zero-order valence-corrected chi connectivity index (χ0v) is 12.3. The summed E-state index contributed by atoms with van der Waals surface area (Å²) in [6.07, 6.45) is 7.74. The summed E-state index contributed by atoms with van der Waals surface area (Å²) in [5.41, 5.74) is 6.57. The smallest absolute Gasteiger partial charge is 0.239 e. The molecule has 110 valence electrons. The maximum Gasteiger partial charge on any atom is 0.239 e. The first-order chi connectivity index (χ1) is 9.72. The Bertz CT molecular complexity index is 459. The Morgan fingerprint density at radius 2 is 2.05 bits per heavy atom. The van der Waals surface area contributed by atoms with Gasteiger partial charge in [0.25, 0.3) is 0 Å². The molecule has 0 aliphatic heterocycles. The van der Waals surface area contributed by atoms with Gasteiger partial charge in [-0.05, 0) is 49.7 Å². The van der Waals surface area contributed by atoms with Gasteiger partial charge in [-0.3, -0.25) is 0 Å². The van der Waals surface area contributed by atoms with Crippen molar-refractivity contribution in [3.05, 3.63) is 12.1 Å². The van der Waals surface area contributed by atoms with Crippen molar-refractivity contribution in [2.24, 2.45) is 11.8 Å². The lowest BCUT2D eigenvalue weighted by Gasteiger charge is -2.30. The Kier molecular flexibility index (Phi) is 3.99. The molecule has 20 heavy (non-hydrogen) atoms. The highest BCUT2D eigenvalue weighted by atomic mass is 16.5. The van der Waals surface area contributed by atoms with E-state index in [0.717, 1.165) is 12.4 Å². The molecule has 1 aromatic rings. The van der Waals surface area contributed by atoms with Gasteiger partial charge in [0.05, 0.1) is 12.3 Å². The second kappa shape index (κ2) is 5.90. The number of rotatable bonds is 5. The summed E-state index contributed by atoms with van der Waals surface area (Å²) >= 11 is 0. The van der Waals surface area contributed by atoms with Crippen LogP contribution < -0.4 is 15.8 Å². The monoisotopic (exact) mass is 275 g/mol. The first-order valence-electron chi connectivity index (χ1n) is 7.88. The van der Waals surface area contributed by atoms with Crippen LogP contribution in [0.25, 0.3) is 0 Å². The molecule has 2 unspecified atom stereocenters. The van der Waals surface area contributed by atoms with E-state index in [4.69, 9.17) is 10.5 Å². The van der Waals surface area contributed by atoms with E-state index in [9.17, 15) is 0 Å². The lowest BCUT2D eigenvalue weighted by molar-refractivity contribution is 0.290. The molecule has 0 bridgehead atoms. The Hall–Kier alpha value is -1.45. The maximum atomic E-state index is 5.94. The van der Waals surface area contributed by atoms with E-state index in [1.165, 1.54) is 38.5 Å². The van der Waals surface area contributed by atoms with Crippen molar-refractivity contribution in [1.29, 1.82) is 0 Å². The van der Waals surface area contributed by atoms with Gasteiger partial charge in [0, 0.05) is 6.04 Å². The second-order valence-electron chi connectivity index (χ2n) is 6.36. The molecule has 1 heterocycles. The van der Waals surface area contributed by atoms with Crippen molar-refractivity contribution < 1.29 is 4.74 Å². The van der Waals surface area contributed by atoms with Crippen LogP contribution in [-0.4, -0.2) is 17.6 Å². The molecular weight excluding hydrogens is 250 g/mol. The molecule has 0 radical (unpaired) electrons. The molecule has 0 aromatic carbocycles. The van der Waals surface area contributed by atoms with Crippen LogP contribution in [-0.2, 0) is 0 Å². The fraction of sp³-hybridized carbons (Fsp3) is 0.688. The predicted octanol–water partition coefficient (Wildman–Crippen LogP) is 3.44. The summed E-state index contributed by atoms with van der Waals surface area (Å²) in [7, 11) is 0. The Labute approximate surface area is 121 Å². The van der Waals surface area contributed by atoms with Gasteiger partial charge in [-0.25, -0.2) is 0 Å². The van der Waals surface area contributed by atoms with Gasteiger partial charge in [0.1, 0.15) is 5.82 Å². The van der Waals surface area contributed by atoms with Crippen LogP contribution in [0.3, 0.4) is 0 Å². The predicted molar refractivity (Wildman–Crippen MR) is 81.9 cm³/mol. The van der Waals surface area contributed by atoms with Gasteiger partial charge in [-0.1, -0.05) is 19.8 Å². The highest BCUT2D eigenvalue weighted by molar-refractivity contribution is 5.53. The highest BCUT2D eigenvalue weighted by Crippen LogP contribution is 2.31. The number of nitrogens with zero attached hydrogens (tertiary/aromatic N) is 1. The number of pyridine rings is 1. The fourth-order valence-corrected chi connectivity index (χ4v) is 2.85. The number of ether oxygens (including phenoxy) is 1. The number of hydrogen-bond acceptors (Lipinski definition) is 4. The summed E-state index contributed by atoms with van der Waals surface area (Å²) in [6.45, 7) is 3.07. The molecule has 1 aromatic heterocycles. The van der Waals surface area contributed by atoms with Crippen molar-refractivity contribution in [2.45, 2.75) is 51.5 Å². The third-order valence-corrected chi connectivity index (χ3v) is 4.49. The normalized spacial score (nSPS) is 26.2. The minimum Gasteiger partial charge on any atom is -0.476 e. The SMILES string of the molecule is CC1CCCCC1Nc1ccc(N)c(OCC2CC2)n1. The zero-order valence-electron chi connectivity index (χ0n) is 12.3.